The van der Waals surface area contributed by atoms with Gasteiger partial charge in [-0.1, -0.05) is 23.2 Å². The minimum Gasteiger partial charge on any atom is -0.293 e. The van der Waals surface area contributed by atoms with Crippen LogP contribution in [0, 0.1) is 0 Å². The van der Waals surface area contributed by atoms with E-state index in [1.165, 1.54) is 17.5 Å². The van der Waals surface area contributed by atoms with Crippen molar-refractivity contribution in [3.8, 4) is 0 Å². The summed E-state index contributed by atoms with van der Waals surface area (Å²) in [5.74, 6) is 0.0185. The Morgan fingerprint density at radius 2 is 2.12 bits per heavy atom. The summed E-state index contributed by atoms with van der Waals surface area (Å²) in [6.45, 7) is 0. The molecule has 2 nitrogen and oxygen atoms in total. The maximum atomic E-state index is 11.9. The highest BCUT2D eigenvalue weighted by molar-refractivity contribution is 7.18. The minimum atomic E-state index is 0.0185. The highest BCUT2D eigenvalue weighted by Crippen LogP contribution is 2.24. The quantitative estimate of drug-likeness (QED) is 0.794. The number of hydrogen-bond acceptors (Lipinski definition) is 3. The van der Waals surface area contributed by atoms with Gasteiger partial charge in [0.15, 0.2) is 5.78 Å². The summed E-state index contributed by atoms with van der Waals surface area (Å²) in [6, 6.07) is 5.19. The van der Waals surface area contributed by atoms with Crippen LogP contribution in [0.2, 0.25) is 9.36 Å². The van der Waals surface area contributed by atoms with E-state index in [-0.39, 0.29) is 12.2 Å². The van der Waals surface area contributed by atoms with E-state index >= 15 is 0 Å². The number of hydrogen-bond donors (Lipinski definition) is 0. The molecular formula is C11H7Cl2NOS. The van der Waals surface area contributed by atoms with Crippen LogP contribution in [-0.2, 0) is 6.42 Å². The number of rotatable bonds is 3. The van der Waals surface area contributed by atoms with Crippen molar-refractivity contribution >= 4 is 40.3 Å². The number of carbonyl (C=O) groups excluding carboxylic acids is 1. The van der Waals surface area contributed by atoms with Crippen LogP contribution in [0.4, 0.5) is 0 Å². The first-order chi connectivity index (χ1) is 7.66. The molecule has 0 spiro atoms. The van der Waals surface area contributed by atoms with Crippen LogP contribution in [0.15, 0.2) is 30.6 Å². The molecule has 2 rings (SSSR count). The summed E-state index contributed by atoms with van der Waals surface area (Å²) in [6.07, 6.45) is 3.43. The number of nitrogens with zero attached hydrogens (tertiary/aromatic N) is 1. The van der Waals surface area contributed by atoms with Gasteiger partial charge in [0.2, 0.25) is 0 Å². The van der Waals surface area contributed by atoms with Gasteiger partial charge >= 0.3 is 0 Å². The van der Waals surface area contributed by atoms with E-state index < -0.39 is 0 Å². The van der Waals surface area contributed by atoms with Gasteiger partial charge in [-0.15, -0.1) is 11.3 Å². The number of carbonyl (C=O) groups is 1. The molecule has 0 amide bonds. The molecule has 0 N–H and O–H groups in total. The fourth-order valence-corrected chi connectivity index (χ4v) is 2.44. The van der Waals surface area contributed by atoms with Crippen molar-refractivity contribution < 1.29 is 4.79 Å². The Morgan fingerprint density at radius 1 is 1.31 bits per heavy atom. The highest BCUT2D eigenvalue weighted by atomic mass is 35.5. The van der Waals surface area contributed by atoms with E-state index in [0.29, 0.717) is 14.2 Å². The third kappa shape index (κ3) is 2.61. The van der Waals surface area contributed by atoms with E-state index in [2.05, 4.69) is 4.98 Å². The van der Waals surface area contributed by atoms with Crippen molar-refractivity contribution in [1.29, 1.82) is 0 Å². The fourth-order valence-electron chi connectivity index (χ4n) is 1.27. The van der Waals surface area contributed by atoms with Gasteiger partial charge in [0, 0.05) is 18.8 Å². The predicted octanol–water partition coefficient (Wildman–Crippen LogP) is 3.88. The minimum absolute atomic E-state index is 0.0185. The van der Waals surface area contributed by atoms with E-state index in [1.54, 1.807) is 24.4 Å². The summed E-state index contributed by atoms with van der Waals surface area (Å²) >= 11 is 13.0. The first-order valence-electron chi connectivity index (χ1n) is 4.54. The van der Waals surface area contributed by atoms with Crippen molar-refractivity contribution in [2.45, 2.75) is 6.42 Å². The molecule has 0 aliphatic heterocycles. The molecule has 0 unspecified atom stereocenters. The number of thiophene rings is 1. The van der Waals surface area contributed by atoms with Crippen LogP contribution in [0.25, 0.3) is 0 Å². The lowest BCUT2D eigenvalue weighted by Gasteiger charge is -2.00. The predicted molar refractivity (Wildman–Crippen MR) is 66.6 cm³/mol. The Balaban J connectivity index is 2.17. The zero-order chi connectivity index (χ0) is 11.5. The Labute approximate surface area is 107 Å². The zero-order valence-electron chi connectivity index (χ0n) is 8.11. The van der Waals surface area contributed by atoms with Gasteiger partial charge in [-0.3, -0.25) is 9.78 Å². The number of pyridine rings is 1. The Kier molecular flexibility index (Phi) is 3.59. The van der Waals surface area contributed by atoms with Gasteiger partial charge in [0.05, 0.1) is 14.2 Å². The lowest BCUT2D eigenvalue weighted by molar-refractivity contribution is 0.0997. The standard InChI is InChI=1S/C11H7Cl2NOS/c12-8-6-14-4-3-7(8)5-9(15)10-1-2-11(13)16-10/h1-4,6H,5H2. The molecule has 2 heterocycles. The summed E-state index contributed by atoms with van der Waals surface area (Å²) < 4.78 is 0.615. The monoisotopic (exact) mass is 271 g/mol. The zero-order valence-corrected chi connectivity index (χ0v) is 10.4. The van der Waals surface area contributed by atoms with Crippen molar-refractivity contribution in [2.75, 3.05) is 0 Å². The van der Waals surface area contributed by atoms with Crippen molar-refractivity contribution in [3.05, 3.63) is 50.4 Å². The summed E-state index contributed by atoms with van der Waals surface area (Å²) in [7, 11) is 0. The maximum Gasteiger partial charge on any atom is 0.177 e. The fraction of sp³-hybridized carbons (Fsp3) is 0.0909. The second-order valence-corrected chi connectivity index (χ2v) is 5.29. The summed E-state index contributed by atoms with van der Waals surface area (Å²) in [5.41, 5.74) is 0.784. The number of halogens is 2. The van der Waals surface area contributed by atoms with Gasteiger partial charge in [0.25, 0.3) is 0 Å². The molecular weight excluding hydrogens is 265 g/mol. The molecule has 0 aliphatic rings. The third-order valence-electron chi connectivity index (χ3n) is 2.06. The third-order valence-corrected chi connectivity index (χ3v) is 3.67. The molecule has 2 aromatic rings. The molecule has 0 fully saturated rings. The number of Topliss-reactive ketones (excluding diaryl/α,β-unsaturated/α-hetero) is 1. The van der Waals surface area contributed by atoms with E-state index in [0.717, 1.165) is 5.56 Å². The van der Waals surface area contributed by atoms with Crippen molar-refractivity contribution in [1.82, 2.24) is 4.98 Å². The SMILES string of the molecule is O=C(Cc1ccncc1Cl)c1ccc(Cl)s1. The van der Waals surface area contributed by atoms with Crippen molar-refractivity contribution in [3.63, 3.8) is 0 Å². The van der Waals surface area contributed by atoms with Gasteiger partial charge in [-0.2, -0.15) is 0 Å². The Hall–Kier alpha value is -0.900. The summed E-state index contributed by atoms with van der Waals surface area (Å²) in [5, 5.41) is 0.513. The highest BCUT2D eigenvalue weighted by Gasteiger charge is 2.11. The van der Waals surface area contributed by atoms with Gasteiger partial charge in [0.1, 0.15) is 0 Å². The second kappa shape index (κ2) is 4.95. The molecule has 0 atom stereocenters. The first kappa shape index (κ1) is 11.6. The topological polar surface area (TPSA) is 30.0 Å². The lowest BCUT2D eigenvalue weighted by Crippen LogP contribution is -2.01. The van der Waals surface area contributed by atoms with Crippen LogP contribution < -0.4 is 0 Å². The lowest BCUT2D eigenvalue weighted by atomic mass is 10.1. The second-order valence-electron chi connectivity index (χ2n) is 3.17. The molecule has 0 aliphatic carbocycles. The van der Waals surface area contributed by atoms with Crippen LogP contribution in [0.1, 0.15) is 15.2 Å². The first-order valence-corrected chi connectivity index (χ1v) is 6.11. The molecule has 5 heteroatoms. The Morgan fingerprint density at radius 3 is 2.75 bits per heavy atom. The maximum absolute atomic E-state index is 11.9. The number of ketones is 1. The van der Waals surface area contributed by atoms with E-state index in [4.69, 9.17) is 23.2 Å². The van der Waals surface area contributed by atoms with Crippen molar-refractivity contribution in [2.24, 2.45) is 0 Å². The molecule has 2 aromatic heterocycles. The van der Waals surface area contributed by atoms with Crippen LogP contribution >= 0.6 is 34.5 Å². The van der Waals surface area contributed by atoms with Gasteiger partial charge in [-0.05, 0) is 23.8 Å². The molecule has 0 radical (unpaired) electrons. The molecule has 0 aromatic carbocycles. The molecule has 0 bridgehead atoms. The van der Waals surface area contributed by atoms with Gasteiger partial charge < -0.3 is 0 Å². The summed E-state index contributed by atoms with van der Waals surface area (Å²) in [4.78, 5) is 16.4. The van der Waals surface area contributed by atoms with Crippen LogP contribution in [0.5, 0.6) is 0 Å². The molecule has 82 valence electrons. The van der Waals surface area contributed by atoms with Gasteiger partial charge in [-0.25, -0.2) is 0 Å². The van der Waals surface area contributed by atoms with Crippen LogP contribution in [-0.4, -0.2) is 10.8 Å². The van der Waals surface area contributed by atoms with E-state index in [1.807, 2.05) is 0 Å². The molecule has 16 heavy (non-hydrogen) atoms. The van der Waals surface area contributed by atoms with E-state index in [9.17, 15) is 4.79 Å². The average molecular weight is 272 g/mol. The average Bonchev–Trinajstić information content (AvgIpc) is 2.68. The number of aromatic nitrogens is 1. The normalized spacial score (nSPS) is 10.4. The molecule has 0 saturated carbocycles. The molecule has 0 saturated heterocycles. The van der Waals surface area contributed by atoms with Crippen LogP contribution in [0.3, 0.4) is 0 Å². The smallest absolute Gasteiger partial charge is 0.177 e. The largest absolute Gasteiger partial charge is 0.293 e. The Bertz CT molecular complexity index is 524.